The Morgan fingerprint density at radius 2 is 1.52 bits per heavy atom. The molecule has 0 aliphatic heterocycles. The van der Waals surface area contributed by atoms with Gasteiger partial charge in [0.25, 0.3) is 5.92 Å². The van der Waals surface area contributed by atoms with Crippen molar-refractivity contribution in [2.45, 2.75) is 32.1 Å². The number of nitriles is 1. The normalized spacial score (nSPS) is 11.1. The molecule has 108 valence electrons. The Morgan fingerprint density at radius 3 is 2.05 bits per heavy atom. The van der Waals surface area contributed by atoms with E-state index in [1.165, 1.54) is 29.8 Å². The minimum Gasteiger partial charge on any atom is -0.201 e. The summed E-state index contributed by atoms with van der Waals surface area (Å²) in [6, 6.07) is 14.8. The SMILES string of the molecule is CCCc1ccc(CC(F)(F)c2ccc(C#N)cc2)cc1. The van der Waals surface area contributed by atoms with Gasteiger partial charge in [0.2, 0.25) is 0 Å². The van der Waals surface area contributed by atoms with Crippen molar-refractivity contribution in [3.05, 3.63) is 70.8 Å². The Morgan fingerprint density at radius 1 is 0.952 bits per heavy atom. The van der Waals surface area contributed by atoms with E-state index in [4.69, 9.17) is 5.26 Å². The first-order valence-electron chi connectivity index (χ1n) is 7.01. The molecule has 0 spiro atoms. The summed E-state index contributed by atoms with van der Waals surface area (Å²) in [6.45, 7) is 2.09. The Balaban J connectivity index is 2.13. The molecular formula is C18H17F2N. The van der Waals surface area contributed by atoms with Crippen LogP contribution in [-0.4, -0.2) is 0 Å². The van der Waals surface area contributed by atoms with Gasteiger partial charge in [-0.2, -0.15) is 5.26 Å². The molecule has 2 rings (SSSR count). The van der Waals surface area contributed by atoms with Gasteiger partial charge >= 0.3 is 0 Å². The largest absolute Gasteiger partial charge is 0.277 e. The van der Waals surface area contributed by atoms with Crippen LogP contribution >= 0.6 is 0 Å². The first kappa shape index (κ1) is 15.2. The average Bonchev–Trinajstić information content (AvgIpc) is 2.49. The summed E-state index contributed by atoms with van der Waals surface area (Å²) in [7, 11) is 0. The molecule has 0 aromatic heterocycles. The zero-order valence-electron chi connectivity index (χ0n) is 11.9. The maximum Gasteiger partial charge on any atom is 0.277 e. The lowest BCUT2D eigenvalue weighted by molar-refractivity contribution is -0.00382. The van der Waals surface area contributed by atoms with Crippen LogP contribution in [0, 0.1) is 11.3 Å². The van der Waals surface area contributed by atoms with Gasteiger partial charge in [0.05, 0.1) is 11.6 Å². The van der Waals surface area contributed by atoms with Crippen LogP contribution < -0.4 is 0 Å². The number of hydrogen-bond acceptors (Lipinski definition) is 1. The van der Waals surface area contributed by atoms with Crippen LogP contribution in [0.5, 0.6) is 0 Å². The van der Waals surface area contributed by atoms with Crippen LogP contribution in [0.25, 0.3) is 0 Å². The van der Waals surface area contributed by atoms with Crippen molar-refractivity contribution in [2.24, 2.45) is 0 Å². The van der Waals surface area contributed by atoms with Gasteiger partial charge in [0.15, 0.2) is 0 Å². The van der Waals surface area contributed by atoms with Gasteiger partial charge in [-0.1, -0.05) is 49.7 Å². The Bertz CT molecular complexity index is 622. The lowest BCUT2D eigenvalue weighted by Gasteiger charge is -2.17. The highest BCUT2D eigenvalue weighted by atomic mass is 19.3. The van der Waals surface area contributed by atoms with Gasteiger partial charge < -0.3 is 0 Å². The molecule has 0 unspecified atom stereocenters. The number of rotatable bonds is 5. The van der Waals surface area contributed by atoms with E-state index in [1.54, 1.807) is 12.1 Å². The molecule has 0 heterocycles. The van der Waals surface area contributed by atoms with E-state index in [2.05, 4.69) is 6.92 Å². The molecule has 0 radical (unpaired) electrons. The van der Waals surface area contributed by atoms with Gasteiger partial charge in [-0.05, 0) is 29.7 Å². The predicted octanol–water partition coefficient (Wildman–Crippen LogP) is 4.85. The molecule has 3 heteroatoms. The second-order valence-electron chi connectivity index (χ2n) is 5.14. The fourth-order valence-corrected chi connectivity index (χ4v) is 2.26. The molecule has 0 aliphatic rings. The third-order valence-corrected chi connectivity index (χ3v) is 3.42. The van der Waals surface area contributed by atoms with Gasteiger partial charge in [-0.25, -0.2) is 8.78 Å². The summed E-state index contributed by atoms with van der Waals surface area (Å²) in [5, 5.41) is 8.70. The van der Waals surface area contributed by atoms with Crippen LogP contribution in [0.3, 0.4) is 0 Å². The van der Waals surface area contributed by atoms with Crippen LogP contribution in [0.1, 0.15) is 35.6 Å². The highest BCUT2D eigenvalue weighted by Crippen LogP contribution is 2.32. The van der Waals surface area contributed by atoms with Crippen LogP contribution in [-0.2, 0) is 18.8 Å². The maximum atomic E-state index is 14.2. The van der Waals surface area contributed by atoms with E-state index in [1.807, 2.05) is 18.2 Å². The third-order valence-electron chi connectivity index (χ3n) is 3.42. The summed E-state index contributed by atoms with van der Waals surface area (Å²) in [6.07, 6.45) is 1.68. The highest BCUT2D eigenvalue weighted by molar-refractivity contribution is 5.34. The summed E-state index contributed by atoms with van der Waals surface area (Å²) >= 11 is 0. The Kier molecular flexibility index (Phi) is 4.70. The molecule has 2 aromatic rings. The maximum absolute atomic E-state index is 14.2. The van der Waals surface area contributed by atoms with Gasteiger partial charge in [-0.3, -0.25) is 0 Å². The molecule has 0 aliphatic carbocycles. The van der Waals surface area contributed by atoms with E-state index in [0.717, 1.165) is 12.8 Å². The van der Waals surface area contributed by atoms with Crippen molar-refractivity contribution < 1.29 is 8.78 Å². The quantitative estimate of drug-likeness (QED) is 0.770. The molecule has 0 fully saturated rings. The predicted molar refractivity (Wildman–Crippen MR) is 79.2 cm³/mol. The summed E-state index contributed by atoms with van der Waals surface area (Å²) in [5.74, 6) is -2.93. The number of alkyl halides is 2. The van der Waals surface area contributed by atoms with E-state index < -0.39 is 5.92 Å². The van der Waals surface area contributed by atoms with E-state index in [9.17, 15) is 8.78 Å². The van der Waals surface area contributed by atoms with Crippen molar-refractivity contribution in [3.63, 3.8) is 0 Å². The molecule has 0 N–H and O–H groups in total. The number of halogens is 2. The van der Waals surface area contributed by atoms with Crippen molar-refractivity contribution in [2.75, 3.05) is 0 Å². The summed E-state index contributed by atoms with van der Waals surface area (Å²) in [4.78, 5) is 0. The number of hydrogen-bond donors (Lipinski definition) is 0. The minimum atomic E-state index is -2.93. The average molecular weight is 285 g/mol. The monoisotopic (exact) mass is 285 g/mol. The van der Waals surface area contributed by atoms with Gasteiger partial charge in [0, 0.05) is 12.0 Å². The van der Waals surface area contributed by atoms with Crippen molar-refractivity contribution in [3.8, 4) is 6.07 Å². The van der Waals surface area contributed by atoms with Crippen LogP contribution in [0.4, 0.5) is 8.78 Å². The molecular weight excluding hydrogens is 268 g/mol. The minimum absolute atomic E-state index is 0.0564. The number of benzene rings is 2. The number of aryl methyl sites for hydroxylation is 1. The fourth-order valence-electron chi connectivity index (χ4n) is 2.26. The number of nitrogens with zero attached hydrogens (tertiary/aromatic N) is 1. The standard InChI is InChI=1S/C18H17F2N/c1-2-3-14-4-6-15(7-5-14)12-18(19,20)17-10-8-16(13-21)9-11-17/h4-11H,2-3,12H2,1H3. The molecule has 2 aromatic carbocycles. The van der Waals surface area contributed by atoms with Crippen molar-refractivity contribution in [1.29, 1.82) is 5.26 Å². The Labute approximate surface area is 123 Å². The summed E-state index contributed by atoms with van der Waals surface area (Å²) < 4.78 is 28.5. The molecule has 0 atom stereocenters. The smallest absolute Gasteiger partial charge is 0.201 e. The van der Waals surface area contributed by atoms with Crippen molar-refractivity contribution in [1.82, 2.24) is 0 Å². The fraction of sp³-hybridized carbons (Fsp3) is 0.278. The van der Waals surface area contributed by atoms with Crippen molar-refractivity contribution >= 4 is 0 Å². The summed E-state index contributed by atoms with van der Waals surface area (Å²) in [5.41, 5.74) is 2.12. The van der Waals surface area contributed by atoms with Gasteiger partial charge in [0.1, 0.15) is 0 Å². The van der Waals surface area contributed by atoms with Crippen LogP contribution in [0.15, 0.2) is 48.5 Å². The molecule has 0 saturated heterocycles. The second kappa shape index (κ2) is 6.49. The van der Waals surface area contributed by atoms with E-state index in [-0.39, 0.29) is 12.0 Å². The third kappa shape index (κ3) is 3.88. The van der Waals surface area contributed by atoms with Crippen LogP contribution in [0.2, 0.25) is 0 Å². The van der Waals surface area contributed by atoms with E-state index in [0.29, 0.717) is 11.1 Å². The molecule has 0 saturated carbocycles. The zero-order valence-corrected chi connectivity index (χ0v) is 11.9. The Hall–Kier alpha value is -2.21. The lowest BCUT2D eigenvalue weighted by Crippen LogP contribution is -2.16. The molecule has 0 bridgehead atoms. The molecule has 1 nitrogen and oxygen atoms in total. The zero-order chi connectivity index (χ0) is 15.3. The highest BCUT2D eigenvalue weighted by Gasteiger charge is 2.31. The first-order valence-corrected chi connectivity index (χ1v) is 7.01. The lowest BCUT2D eigenvalue weighted by atomic mass is 9.98. The first-order chi connectivity index (χ1) is 10.0. The molecule has 21 heavy (non-hydrogen) atoms. The topological polar surface area (TPSA) is 23.8 Å². The molecule has 0 amide bonds. The van der Waals surface area contributed by atoms with Gasteiger partial charge in [-0.15, -0.1) is 0 Å². The second-order valence-corrected chi connectivity index (χ2v) is 5.14. The van der Waals surface area contributed by atoms with E-state index >= 15 is 0 Å².